The quantitative estimate of drug-likeness (QED) is 0.823. The Kier molecular flexibility index (Phi) is 2.59. The predicted octanol–water partition coefficient (Wildman–Crippen LogP) is 1.48. The summed E-state index contributed by atoms with van der Waals surface area (Å²) in [5.41, 5.74) is 1.61. The number of hydrogen-bond donors (Lipinski definition) is 2. The van der Waals surface area contributed by atoms with Crippen molar-refractivity contribution in [2.75, 3.05) is 0 Å². The van der Waals surface area contributed by atoms with Crippen LogP contribution in [0.15, 0.2) is 29.1 Å². The van der Waals surface area contributed by atoms with E-state index in [1.165, 1.54) is 10.6 Å². The normalized spacial score (nSPS) is 10.5. The molecule has 1 aromatic carbocycles. The second-order valence-corrected chi connectivity index (χ2v) is 3.80. The molecule has 5 nitrogen and oxygen atoms in total. The van der Waals surface area contributed by atoms with Crippen LogP contribution in [0.1, 0.15) is 21.7 Å². The van der Waals surface area contributed by atoms with E-state index in [1.54, 1.807) is 32.0 Å². The Labute approximate surface area is 97.3 Å². The summed E-state index contributed by atoms with van der Waals surface area (Å²) in [5.74, 6) is -1.05. The van der Waals surface area contributed by atoms with Gasteiger partial charge in [0.25, 0.3) is 0 Å². The van der Waals surface area contributed by atoms with Gasteiger partial charge >= 0.3 is 11.7 Å². The molecule has 88 valence electrons. The number of imidazole rings is 1. The van der Waals surface area contributed by atoms with Crippen molar-refractivity contribution < 1.29 is 9.90 Å². The molecule has 17 heavy (non-hydrogen) atoms. The summed E-state index contributed by atoms with van der Waals surface area (Å²) in [6.07, 6.45) is 0. The van der Waals surface area contributed by atoms with Gasteiger partial charge in [0.2, 0.25) is 0 Å². The monoisotopic (exact) mass is 232 g/mol. The summed E-state index contributed by atoms with van der Waals surface area (Å²) in [6, 6.07) is 6.43. The molecule has 2 N–H and O–H groups in total. The number of carboxylic acids is 1. The van der Waals surface area contributed by atoms with Gasteiger partial charge in [0.1, 0.15) is 0 Å². The molecule has 0 aliphatic heterocycles. The van der Waals surface area contributed by atoms with Crippen molar-refractivity contribution >= 4 is 5.97 Å². The van der Waals surface area contributed by atoms with Crippen molar-refractivity contribution in [2.45, 2.75) is 13.8 Å². The van der Waals surface area contributed by atoms with Crippen LogP contribution < -0.4 is 5.69 Å². The van der Waals surface area contributed by atoms with Crippen LogP contribution in [0.4, 0.5) is 0 Å². The third-order valence-electron chi connectivity index (χ3n) is 2.75. The molecule has 0 radical (unpaired) electrons. The number of rotatable bonds is 2. The number of carbonyl (C=O) groups is 1. The SMILES string of the molecule is Cc1[nH]c(=O)n(-c2ccccc2C(=O)O)c1C. The van der Waals surface area contributed by atoms with E-state index < -0.39 is 5.97 Å². The molecule has 0 fully saturated rings. The standard InChI is InChI=1S/C12H12N2O3/c1-7-8(2)14(12(17)13-7)10-6-4-3-5-9(10)11(15)16/h3-6H,1-2H3,(H,13,17)(H,15,16). The Balaban J connectivity index is 2.77. The van der Waals surface area contributed by atoms with Crippen LogP contribution >= 0.6 is 0 Å². The third-order valence-corrected chi connectivity index (χ3v) is 2.75. The van der Waals surface area contributed by atoms with Crippen molar-refractivity contribution in [3.63, 3.8) is 0 Å². The molecule has 0 aliphatic carbocycles. The van der Waals surface area contributed by atoms with Crippen LogP contribution in [0.2, 0.25) is 0 Å². The van der Waals surface area contributed by atoms with Gasteiger partial charge in [-0.3, -0.25) is 4.57 Å². The van der Waals surface area contributed by atoms with Gasteiger partial charge in [0, 0.05) is 11.4 Å². The van der Waals surface area contributed by atoms with Crippen LogP contribution in [0.25, 0.3) is 5.69 Å². The Morgan fingerprint density at radius 1 is 1.29 bits per heavy atom. The molecule has 0 bridgehead atoms. The molecule has 0 spiro atoms. The number of hydrogen-bond acceptors (Lipinski definition) is 2. The number of aromatic amines is 1. The van der Waals surface area contributed by atoms with Gasteiger partial charge < -0.3 is 10.1 Å². The number of para-hydroxylation sites is 1. The highest BCUT2D eigenvalue weighted by Crippen LogP contribution is 2.15. The van der Waals surface area contributed by atoms with E-state index in [2.05, 4.69) is 4.98 Å². The number of H-pyrrole nitrogens is 1. The molecule has 1 heterocycles. The van der Waals surface area contributed by atoms with E-state index in [1.807, 2.05) is 0 Å². The summed E-state index contributed by atoms with van der Waals surface area (Å²) in [7, 11) is 0. The lowest BCUT2D eigenvalue weighted by Crippen LogP contribution is -2.18. The zero-order valence-electron chi connectivity index (χ0n) is 9.52. The Morgan fingerprint density at radius 2 is 1.94 bits per heavy atom. The van der Waals surface area contributed by atoms with Gasteiger partial charge in [-0.2, -0.15) is 0 Å². The van der Waals surface area contributed by atoms with Crippen LogP contribution in [0.3, 0.4) is 0 Å². The number of aromatic nitrogens is 2. The average molecular weight is 232 g/mol. The molecule has 2 rings (SSSR count). The largest absolute Gasteiger partial charge is 0.478 e. The second-order valence-electron chi connectivity index (χ2n) is 3.80. The number of aromatic carboxylic acids is 1. The van der Waals surface area contributed by atoms with E-state index >= 15 is 0 Å². The summed E-state index contributed by atoms with van der Waals surface area (Å²) in [5, 5.41) is 9.09. The maximum absolute atomic E-state index is 11.8. The lowest BCUT2D eigenvalue weighted by Gasteiger charge is -2.07. The lowest BCUT2D eigenvalue weighted by molar-refractivity contribution is 0.0697. The van der Waals surface area contributed by atoms with E-state index in [4.69, 9.17) is 5.11 Å². The van der Waals surface area contributed by atoms with E-state index in [9.17, 15) is 9.59 Å². The number of aryl methyl sites for hydroxylation is 1. The maximum atomic E-state index is 11.8. The highest BCUT2D eigenvalue weighted by Gasteiger charge is 2.15. The molecule has 5 heteroatoms. The Hall–Kier alpha value is -2.30. The zero-order chi connectivity index (χ0) is 12.6. The number of nitrogens with one attached hydrogen (secondary N) is 1. The number of carboxylic acid groups (broad SMARTS) is 1. The zero-order valence-corrected chi connectivity index (χ0v) is 9.52. The molecule has 0 atom stereocenters. The fraction of sp³-hybridized carbons (Fsp3) is 0.167. The van der Waals surface area contributed by atoms with Crippen LogP contribution in [-0.4, -0.2) is 20.6 Å². The highest BCUT2D eigenvalue weighted by molar-refractivity contribution is 5.91. The topological polar surface area (TPSA) is 75.1 Å². The van der Waals surface area contributed by atoms with Gasteiger partial charge in [-0.25, -0.2) is 9.59 Å². The first-order chi connectivity index (χ1) is 8.02. The predicted molar refractivity (Wildman–Crippen MR) is 62.8 cm³/mol. The van der Waals surface area contributed by atoms with Crippen molar-refractivity contribution in [3.8, 4) is 5.69 Å². The van der Waals surface area contributed by atoms with E-state index in [0.717, 1.165) is 5.69 Å². The first-order valence-corrected chi connectivity index (χ1v) is 5.13. The molecule has 0 amide bonds. The van der Waals surface area contributed by atoms with E-state index in [-0.39, 0.29) is 11.3 Å². The molecule has 1 aromatic heterocycles. The molecule has 0 saturated heterocycles. The minimum Gasteiger partial charge on any atom is -0.478 e. The Bertz CT molecular complexity index is 637. The summed E-state index contributed by atoms with van der Waals surface area (Å²) in [6.45, 7) is 3.54. The van der Waals surface area contributed by atoms with Crippen molar-refractivity contribution in [1.29, 1.82) is 0 Å². The Morgan fingerprint density at radius 3 is 2.47 bits per heavy atom. The third kappa shape index (κ3) is 1.75. The van der Waals surface area contributed by atoms with E-state index in [0.29, 0.717) is 11.4 Å². The summed E-state index contributed by atoms with van der Waals surface area (Å²) < 4.78 is 1.37. The first-order valence-electron chi connectivity index (χ1n) is 5.13. The second kappa shape index (κ2) is 3.93. The molecular formula is C12H12N2O3. The lowest BCUT2D eigenvalue weighted by atomic mass is 10.1. The first kappa shape index (κ1) is 11.2. The maximum Gasteiger partial charge on any atom is 0.337 e. The van der Waals surface area contributed by atoms with Gasteiger partial charge in [-0.05, 0) is 26.0 Å². The smallest absolute Gasteiger partial charge is 0.337 e. The summed E-state index contributed by atoms with van der Waals surface area (Å²) >= 11 is 0. The molecule has 0 unspecified atom stereocenters. The molecular weight excluding hydrogens is 220 g/mol. The van der Waals surface area contributed by atoms with Crippen LogP contribution in [0, 0.1) is 13.8 Å². The minimum absolute atomic E-state index is 0.108. The van der Waals surface area contributed by atoms with Gasteiger partial charge in [-0.15, -0.1) is 0 Å². The average Bonchev–Trinajstić information content (AvgIpc) is 2.53. The molecule has 2 aromatic rings. The minimum atomic E-state index is -1.05. The number of nitrogens with zero attached hydrogens (tertiary/aromatic N) is 1. The highest BCUT2D eigenvalue weighted by atomic mass is 16.4. The number of benzene rings is 1. The van der Waals surface area contributed by atoms with Crippen molar-refractivity contribution in [3.05, 3.63) is 51.7 Å². The van der Waals surface area contributed by atoms with Crippen LogP contribution in [-0.2, 0) is 0 Å². The summed E-state index contributed by atoms with van der Waals surface area (Å²) in [4.78, 5) is 25.5. The van der Waals surface area contributed by atoms with Gasteiger partial charge in [0.15, 0.2) is 0 Å². The van der Waals surface area contributed by atoms with Crippen LogP contribution in [0.5, 0.6) is 0 Å². The molecule has 0 saturated carbocycles. The van der Waals surface area contributed by atoms with Crippen molar-refractivity contribution in [1.82, 2.24) is 9.55 Å². The van der Waals surface area contributed by atoms with Crippen molar-refractivity contribution in [2.24, 2.45) is 0 Å². The molecule has 0 aliphatic rings. The fourth-order valence-corrected chi connectivity index (χ4v) is 1.77. The van der Waals surface area contributed by atoms with Gasteiger partial charge in [-0.1, -0.05) is 12.1 Å². The fourth-order valence-electron chi connectivity index (χ4n) is 1.77. The van der Waals surface area contributed by atoms with Gasteiger partial charge in [0.05, 0.1) is 11.3 Å².